The van der Waals surface area contributed by atoms with Crippen LogP contribution < -0.4 is 20.3 Å². The van der Waals surface area contributed by atoms with Crippen LogP contribution in [-0.4, -0.2) is 45.4 Å². The molecule has 0 saturated carbocycles. The minimum atomic E-state index is -2.86. The average Bonchev–Trinajstić information content (AvgIpc) is 2.77. The molecule has 1 saturated heterocycles. The summed E-state index contributed by atoms with van der Waals surface area (Å²) in [5.41, 5.74) is 2.94. The first-order chi connectivity index (χ1) is 14.7. The third-order valence-electron chi connectivity index (χ3n) is 4.73. The molecule has 2 aromatic carbocycles. The quantitative estimate of drug-likeness (QED) is 0.298. The zero-order chi connectivity index (χ0) is 21.2. The van der Waals surface area contributed by atoms with Crippen molar-refractivity contribution in [2.45, 2.75) is 26.6 Å². The van der Waals surface area contributed by atoms with Crippen molar-refractivity contribution in [1.82, 2.24) is 10.6 Å². The van der Waals surface area contributed by atoms with E-state index in [1.807, 2.05) is 19.1 Å². The lowest BCUT2D eigenvalue weighted by atomic mass is 10.1. The van der Waals surface area contributed by atoms with E-state index in [9.17, 15) is 8.78 Å². The van der Waals surface area contributed by atoms with Crippen LogP contribution in [0.4, 0.5) is 14.5 Å². The Balaban J connectivity index is 0.00000341. The highest BCUT2D eigenvalue weighted by Gasteiger charge is 2.14. The van der Waals surface area contributed by atoms with Crippen LogP contribution in [-0.2, 0) is 17.8 Å². The molecule has 1 aliphatic rings. The van der Waals surface area contributed by atoms with Gasteiger partial charge in [0.1, 0.15) is 5.75 Å². The SMILES string of the molecule is CCNC(=NCc1ccccc1OC(F)F)NCc1ccccc1N1CCOCC1.I. The van der Waals surface area contributed by atoms with Crippen molar-refractivity contribution in [3.8, 4) is 5.75 Å². The molecule has 9 heteroatoms. The van der Waals surface area contributed by atoms with Crippen LogP contribution in [0, 0.1) is 0 Å². The van der Waals surface area contributed by atoms with E-state index in [2.05, 4.69) is 37.4 Å². The monoisotopic (exact) mass is 546 g/mol. The van der Waals surface area contributed by atoms with Crippen molar-refractivity contribution in [3.05, 3.63) is 59.7 Å². The molecule has 0 aliphatic carbocycles. The van der Waals surface area contributed by atoms with Gasteiger partial charge in [0.25, 0.3) is 0 Å². The normalized spacial score (nSPS) is 14.2. The molecule has 2 N–H and O–H groups in total. The van der Waals surface area contributed by atoms with Gasteiger partial charge in [0.05, 0.1) is 19.8 Å². The molecule has 31 heavy (non-hydrogen) atoms. The fourth-order valence-corrected chi connectivity index (χ4v) is 3.30. The van der Waals surface area contributed by atoms with Crippen LogP contribution in [0.15, 0.2) is 53.5 Å². The number of nitrogens with one attached hydrogen (secondary N) is 2. The molecule has 0 radical (unpaired) electrons. The van der Waals surface area contributed by atoms with E-state index in [4.69, 9.17) is 4.74 Å². The van der Waals surface area contributed by atoms with Gasteiger partial charge in [0.15, 0.2) is 5.96 Å². The number of halogens is 3. The lowest BCUT2D eigenvalue weighted by molar-refractivity contribution is -0.0504. The van der Waals surface area contributed by atoms with Crippen LogP contribution in [0.1, 0.15) is 18.1 Å². The molecule has 3 rings (SSSR count). The van der Waals surface area contributed by atoms with Crippen LogP contribution in [0.3, 0.4) is 0 Å². The Morgan fingerprint density at radius 3 is 2.45 bits per heavy atom. The van der Waals surface area contributed by atoms with Gasteiger partial charge in [-0.2, -0.15) is 8.78 Å². The molecule has 0 atom stereocenters. The molecule has 0 amide bonds. The third kappa shape index (κ3) is 7.80. The summed E-state index contributed by atoms with van der Waals surface area (Å²) in [7, 11) is 0. The molecule has 0 aromatic heterocycles. The fraction of sp³-hybridized carbons (Fsp3) is 0.409. The minimum Gasteiger partial charge on any atom is -0.434 e. The van der Waals surface area contributed by atoms with Gasteiger partial charge in [0, 0.05) is 37.4 Å². The molecule has 2 aromatic rings. The summed E-state index contributed by atoms with van der Waals surface area (Å²) in [6, 6.07) is 15.0. The first-order valence-electron chi connectivity index (χ1n) is 10.1. The van der Waals surface area contributed by atoms with Crippen LogP contribution in [0.25, 0.3) is 0 Å². The van der Waals surface area contributed by atoms with Crippen molar-refractivity contribution in [3.63, 3.8) is 0 Å². The van der Waals surface area contributed by atoms with E-state index >= 15 is 0 Å². The van der Waals surface area contributed by atoms with Gasteiger partial charge in [-0.15, -0.1) is 24.0 Å². The van der Waals surface area contributed by atoms with Gasteiger partial charge in [-0.05, 0) is 24.6 Å². The van der Waals surface area contributed by atoms with Crippen molar-refractivity contribution >= 4 is 35.6 Å². The molecular weight excluding hydrogens is 517 g/mol. The molecule has 6 nitrogen and oxygen atoms in total. The summed E-state index contributed by atoms with van der Waals surface area (Å²) in [6.07, 6.45) is 0. The molecule has 170 valence electrons. The Hall–Kier alpha value is -2.14. The Morgan fingerprint density at radius 2 is 1.74 bits per heavy atom. The molecule has 1 aliphatic heterocycles. The number of hydrogen-bond donors (Lipinski definition) is 2. The second-order valence-electron chi connectivity index (χ2n) is 6.76. The zero-order valence-electron chi connectivity index (χ0n) is 17.5. The Kier molecular flexibility index (Phi) is 10.8. The number of benzene rings is 2. The molecule has 0 unspecified atom stereocenters. The van der Waals surface area contributed by atoms with Gasteiger partial charge in [0.2, 0.25) is 0 Å². The van der Waals surface area contributed by atoms with Gasteiger partial charge in [-0.25, -0.2) is 4.99 Å². The number of guanidine groups is 1. The van der Waals surface area contributed by atoms with E-state index in [1.54, 1.807) is 18.2 Å². The second kappa shape index (κ2) is 13.3. The highest BCUT2D eigenvalue weighted by molar-refractivity contribution is 14.0. The van der Waals surface area contributed by atoms with Gasteiger partial charge < -0.3 is 25.0 Å². The highest BCUT2D eigenvalue weighted by atomic mass is 127. The summed E-state index contributed by atoms with van der Waals surface area (Å²) in [6.45, 7) is 3.81. The summed E-state index contributed by atoms with van der Waals surface area (Å²) in [5, 5.41) is 6.54. The highest BCUT2D eigenvalue weighted by Crippen LogP contribution is 2.22. The molecular formula is C22H29F2IN4O2. The third-order valence-corrected chi connectivity index (χ3v) is 4.73. The predicted octanol–water partition coefficient (Wildman–Crippen LogP) is 4.00. The van der Waals surface area contributed by atoms with E-state index in [0.717, 1.165) is 31.9 Å². The fourth-order valence-electron chi connectivity index (χ4n) is 3.30. The Morgan fingerprint density at radius 1 is 1.06 bits per heavy atom. The molecule has 1 fully saturated rings. The zero-order valence-corrected chi connectivity index (χ0v) is 19.9. The van der Waals surface area contributed by atoms with Crippen LogP contribution in [0.5, 0.6) is 5.75 Å². The number of ether oxygens (including phenoxy) is 2. The Labute approximate surface area is 199 Å². The average molecular weight is 546 g/mol. The maximum absolute atomic E-state index is 12.6. The van der Waals surface area contributed by atoms with Crippen molar-refractivity contribution < 1.29 is 18.3 Å². The van der Waals surface area contributed by atoms with E-state index in [-0.39, 0.29) is 36.3 Å². The molecule has 1 heterocycles. The first-order valence-corrected chi connectivity index (χ1v) is 10.1. The largest absolute Gasteiger partial charge is 0.434 e. The number of hydrogen-bond acceptors (Lipinski definition) is 4. The van der Waals surface area contributed by atoms with Gasteiger partial charge >= 0.3 is 6.61 Å². The maximum atomic E-state index is 12.6. The van der Waals surface area contributed by atoms with Crippen LogP contribution >= 0.6 is 24.0 Å². The predicted molar refractivity (Wildman–Crippen MR) is 130 cm³/mol. The number of morpholine rings is 1. The van der Waals surface area contributed by atoms with Crippen molar-refractivity contribution in [1.29, 1.82) is 0 Å². The van der Waals surface area contributed by atoms with Crippen LogP contribution in [0.2, 0.25) is 0 Å². The summed E-state index contributed by atoms with van der Waals surface area (Å²) < 4.78 is 35.3. The number of anilines is 1. The smallest absolute Gasteiger partial charge is 0.387 e. The van der Waals surface area contributed by atoms with Crippen molar-refractivity contribution in [2.24, 2.45) is 4.99 Å². The topological polar surface area (TPSA) is 58.1 Å². The van der Waals surface area contributed by atoms with E-state index < -0.39 is 6.61 Å². The number of nitrogens with zero attached hydrogens (tertiary/aromatic N) is 2. The lowest BCUT2D eigenvalue weighted by Gasteiger charge is -2.30. The standard InChI is InChI=1S/C22H28F2N4O2.HI/c1-2-25-22(27-16-18-8-4-6-10-20(18)30-21(23)24)26-15-17-7-3-5-9-19(17)28-11-13-29-14-12-28;/h3-10,21H,2,11-16H2,1H3,(H2,25,26,27);1H. The summed E-state index contributed by atoms with van der Waals surface area (Å²) in [4.78, 5) is 6.87. The number of para-hydroxylation sites is 2. The number of alkyl halides is 2. The first kappa shape index (κ1) is 25.1. The van der Waals surface area contributed by atoms with E-state index in [0.29, 0.717) is 24.6 Å². The summed E-state index contributed by atoms with van der Waals surface area (Å²) in [5.74, 6) is 0.755. The number of aliphatic imine (C=N–C) groups is 1. The lowest BCUT2D eigenvalue weighted by Crippen LogP contribution is -2.39. The van der Waals surface area contributed by atoms with Gasteiger partial charge in [-0.3, -0.25) is 0 Å². The Bertz CT molecular complexity index is 833. The molecule has 0 bridgehead atoms. The number of rotatable bonds is 8. The molecule has 0 spiro atoms. The minimum absolute atomic E-state index is 0. The van der Waals surface area contributed by atoms with Crippen molar-refractivity contribution in [2.75, 3.05) is 37.7 Å². The van der Waals surface area contributed by atoms with E-state index in [1.165, 1.54) is 11.8 Å². The van der Waals surface area contributed by atoms with Gasteiger partial charge in [-0.1, -0.05) is 36.4 Å². The second-order valence-corrected chi connectivity index (χ2v) is 6.76. The maximum Gasteiger partial charge on any atom is 0.387 e. The summed E-state index contributed by atoms with van der Waals surface area (Å²) >= 11 is 0.